The molecule has 5 aromatic rings. The molecule has 1 aliphatic carbocycles. The van der Waals surface area contributed by atoms with Crippen molar-refractivity contribution in [2.45, 2.75) is 57.8 Å². The second-order valence-electron chi connectivity index (χ2n) is 11.2. The van der Waals surface area contributed by atoms with E-state index in [0.717, 1.165) is 70.6 Å². The number of H-pyrrole nitrogens is 2. The molecule has 2 aliphatic rings. The third kappa shape index (κ3) is 4.92. The molecule has 5 aromatic heterocycles. The van der Waals surface area contributed by atoms with Crippen LogP contribution in [0.25, 0.3) is 44.7 Å². The molecule has 204 valence electrons. The van der Waals surface area contributed by atoms with Gasteiger partial charge in [0.15, 0.2) is 0 Å². The van der Waals surface area contributed by atoms with Gasteiger partial charge in [0, 0.05) is 48.5 Å². The Balaban J connectivity index is 1.17. The van der Waals surface area contributed by atoms with Gasteiger partial charge in [-0.25, -0.2) is 9.97 Å². The second kappa shape index (κ2) is 10.7. The minimum atomic E-state index is 0.0581. The van der Waals surface area contributed by atoms with E-state index in [1.807, 2.05) is 24.4 Å². The average molecular weight is 535 g/mol. The third-order valence-corrected chi connectivity index (χ3v) is 8.39. The molecule has 9 nitrogen and oxygen atoms in total. The molecule has 0 bridgehead atoms. The molecule has 0 radical (unpaired) electrons. The molecule has 1 saturated heterocycles. The number of pyridine rings is 3. The van der Waals surface area contributed by atoms with Crippen LogP contribution in [-0.4, -0.2) is 49.1 Å². The molecule has 9 heteroatoms. The molecule has 0 aromatic carbocycles. The number of nitrogens with zero attached hydrogens (tertiary/aromatic N) is 5. The first-order valence-corrected chi connectivity index (χ1v) is 14.5. The molecule has 0 spiro atoms. The van der Waals surface area contributed by atoms with Crippen molar-refractivity contribution >= 4 is 39.3 Å². The van der Waals surface area contributed by atoms with E-state index in [0.29, 0.717) is 18.0 Å². The Labute approximate surface area is 232 Å². The van der Waals surface area contributed by atoms with Gasteiger partial charge in [-0.05, 0) is 68.4 Å². The van der Waals surface area contributed by atoms with Gasteiger partial charge in [0.25, 0.3) is 0 Å². The lowest BCUT2D eigenvalue weighted by atomic mass is 9.87. The van der Waals surface area contributed by atoms with Crippen molar-refractivity contribution in [2.24, 2.45) is 5.92 Å². The van der Waals surface area contributed by atoms with E-state index >= 15 is 0 Å². The maximum atomic E-state index is 12.7. The Hall–Kier alpha value is -4.27. The van der Waals surface area contributed by atoms with E-state index in [1.165, 1.54) is 44.2 Å². The van der Waals surface area contributed by atoms with Gasteiger partial charge in [0.1, 0.15) is 16.9 Å². The molecule has 7 rings (SSSR count). The fraction of sp³-hybridized carbons (Fsp3) is 0.387. The monoisotopic (exact) mass is 534 g/mol. The van der Waals surface area contributed by atoms with Crippen molar-refractivity contribution < 1.29 is 4.79 Å². The van der Waals surface area contributed by atoms with Gasteiger partial charge in [-0.15, -0.1) is 0 Å². The van der Waals surface area contributed by atoms with Gasteiger partial charge < -0.3 is 15.2 Å². The summed E-state index contributed by atoms with van der Waals surface area (Å²) in [5.41, 5.74) is 7.64. The zero-order chi connectivity index (χ0) is 26.9. The number of aromatic nitrogens is 6. The van der Waals surface area contributed by atoms with Gasteiger partial charge in [-0.3, -0.25) is 14.9 Å². The summed E-state index contributed by atoms with van der Waals surface area (Å²) in [6, 6.07) is 10.1. The highest BCUT2D eigenvalue weighted by molar-refractivity contribution is 5.98. The Morgan fingerprint density at radius 2 is 1.85 bits per heavy atom. The Morgan fingerprint density at radius 3 is 2.73 bits per heavy atom. The van der Waals surface area contributed by atoms with Gasteiger partial charge >= 0.3 is 0 Å². The second-order valence-corrected chi connectivity index (χ2v) is 11.2. The van der Waals surface area contributed by atoms with E-state index in [1.54, 1.807) is 12.4 Å². The van der Waals surface area contributed by atoms with Crippen LogP contribution >= 0.6 is 0 Å². The number of nitrogens with one attached hydrogen (secondary N) is 3. The van der Waals surface area contributed by atoms with E-state index in [9.17, 15) is 4.79 Å². The van der Waals surface area contributed by atoms with E-state index in [4.69, 9.17) is 4.98 Å². The normalized spacial score (nSPS) is 16.6. The fourth-order valence-electron chi connectivity index (χ4n) is 6.31. The summed E-state index contributed by atoms with van der Waals surface area (Å²) in [7, 11) is 0. The summed E-state index contributed by atoms with van der Waals surface area (Å²) < 4.78 is 0. The molecule has 2 fully saturated rings. The minimum absolute atomic E-state index is 0.0581. The molecular weight excluding hydrogens is 500 g/mol. The van der Waals surface area contributed by atoms with Gasteiger partial charge in [0.05, 0.1) is 28.8 Å². The highest BCUT2D eigenvalue weighted by Crippen LogP contribution is 2.34. The summed E-state index contributed by atoms with van der Waals surface area (Å²) in [4.78, 5) is 32.6. The van der Waals surface area contributed by atoms with Crippen LogP contribution in [0.3, 0.4) is 0 Å². The number of carbonyl (C=O) groups is 1. The zero-order valence-electron chi connectivity index (χ0n) is 22.6. The van der Waals surface area contributed by atoms with Crippen molar-refractivity contribution in [1.29, 1.82) is 0 Å². The van der Waals surface area contributed by atoms with Crippen LogP contribution in [0.2, 0.25) is 0 Å². The average Bonchev–Trinajstić information content (AvgIpc) is 3.62. The largest absolute Gasteiger partial charge is 0.371 e. The van der Waals surface area contributed by atoms with Crippen molar-refractivity contribution in [2.75, 3.05) is 23.3 Å². The smallest absolute Gasteiger partial charge is 0.224 e. The maximum Gasteiger partial charge on any atom is 0.224 e. The Kier molecular flexibility index (Phi) is 6.63. The number of rotatable bonds is 6. The molecule has 0 atom stereocenters. The third-order valence-electron chi connectivity index (χ3n) is 8.39. The topological polar surface area (TPSA) is 115 Å². The van der Waals surface area contributed by atoms with Crippen LogP contribution in [0.4, 0.5) is 11.4 Å². The first kappa shape index (κ1) is 24.7. The minimum Gasteiger partial charge on any atom is -0.371 e. The SMILES string of the molecule is O=C(CC1CCCCC1)Nc1cncc(-c2ccc3[nH]nc(-c4cc5c(N6CCCCC6)ccnc5[nH]4)c3n2)c1. The van der Waals surface area contributed by atoms with Crippen LogP contribution in [-0.2, 0) is 4.79 Å². The van der Waals surface area contributed by atoms with Crippen LogP contribution in [0.15, 0.2) is 48.9 Å². The molecule has 6 heterocycles. The Bertz CT molecular complexity index is 1660. The Morgan fingerprint density at radius 1 is 1.00 bits per heavy atom. The predicted molar refractivity (Wildman–Crippen MR) is 158 cm³/mol. The maximum absolute atomic E-state index is 12.7. The lowest BCUT2D eigenvalue weighted by Gasteiger charge is -2.29. The lowest BCUT2D eigenvalue weighted by molar-refractivity contribution is -0.117. The van der Waals surface area contributed by atoms with E-state index < -0.39 is 0 Å². The van der Waals surface area contributed by atoms with Gasteiger partial charge in [0.2, 0.25) is 5.91 Å². The summed E-state index contributed by atoms with van der Waals surface area (Å²) in [5, 5.41) is 11.9. The van der Waals surface area contributed by atoms with Gasteiger partial charge in [-0.1, -0.05) is 19.3 Å². The van der Waals surface area contributed by atoms with Crippen LogP contribution in [0.5, 0.6) is 0 Å². The van der Waals surface area contributed by atoms with Crippen LogP contribution in [0, 0.1) is 5.92 Å². The molecule has 0 unspecified atom stereocenters. The summed E-state index contributed by atoms with van der Waals surface area (Å²) >= 11 is 0. The summed E-state index contributed by atoms with van der Waals surface area (Å²) in [6.45, 7) is 2.15. The number of aromatic amines is 2. The van der Waals surface area contributed by atoms with Crippen molar-refractivity contribution in [3.63, 3.8) is 0 Å². The summed E-state index contributed by atoms with van der Waals surface area (Å²) in [6.07, 6.45) is 15.7. The van der Waals surface area contributed by atoms with E-state index in [-0.39, 0.29) is 5.91 Å². The number of anilines is 2. The van der Waals surface area contributed by atoms with E-state index in [2.05, 4.69) is 47.5 Å². The molecule has 1 aliphatic heterocycles. The van der Waals surface area contributed by atoms with Crippen LogP contribution < -0.4 is 10.2 Å². The number of amides is 1. The first-order chi connectivity index (χ1) is 19.7. The quantitative estimate of drug-likeness (QED) is 0.230. The number of fused-ring (bicyclic) bond motifs is 2. The number of hydrogen-bond acceptors (Lipinski definition) is 6. The number of piperidine rings is 1. The highest BCUT2D eigenvalue weighted by Gasteiger charge is 2.20. The molecular formula is C31H34N8O. The standard InChI is InChI=1S/C31H34N8O/c40-28(15-20-7-3-1-4-8-20)34-22-16-21(18-32-19-22)24-9-10-25-29(35-24)30(38-37-25)26-17-23-27(11-12-33-31(23)36-26)39-13-5-2-6-14-39/h9-12,16-20H,1-8,13-15H2,(H,33,36)(H,34,40)(H,37,38). The van der Waals surface area contributed by atoms with Crippen molar-refractivity contribution in [3.05, 3.63) is 48.9 Å². The van der Waals surface area contributed by atoms with Crippen molar-refractivity contribution in [1.82, 2.24) is 30.1 Å². The van der Waals surface area contributed by atoms with Crippen LogP contribution in [0.1, 0.15) is 57.8 Å². The van der Waals surface area contributed by atoms with Crippen molar-refractivity contribution in [3.8, 4) is 22.6 Å². The number of carbonyl (C=O) groups excluding carboxylic acids is 1. The van der Waals surface area contributed by atoms with Gasteiger partial charge in [-0.2, -0.15) is 5.10 Å². The summed E-state index contributed by atoms with van der Waals surface area (Å²) in [5.74, 6) is 0.548. The lowest BCUT2D eigenvalue weighted by Crippen LogP contribution is -2.29. The molecule has 1 amide bonds. The predicted octanol–water partition coefficient (Wildman–Crippen LogP) is 6.46. The molecule has 40 heavy (non-hydrogen) atoms. The molecule has 1 saturated carbocycles. The zero-order valence-corrected chi connectivity index (χ0v) is 22.6. The fourth-order valence-corrected chi connectivity index (χ4v) is 6.31. The molecule has 3 N–H and O–H groups in total. The highest BCUT2D eigenvalue weighted by atomic mass is 16.1. The number of hydrogen-bond donors (Lipinski definition) is 3. The first-order valence-electron chi connectivity index (χ1n) is 14.5.